The molecular weight excluding hydrogens is 266 g/mol. The summed E-state index contributed by atoms with van der Waals surface area (Å²) in [5, 5.41) is 3.57. The van der Waals surface area contributed by atoms with Gasteiger partial charge in [-0.1, -0.05) is 0 Å². The summed E-state index contributed by atoms with van der Waals surface area (Å²) in [6, 6.07) is -0.479. The molecule has 3 N–H and O–H groups in total. The number of esters is 1. The molecule has 1 aliphatic carbocycles. The van der Waals surface area contributed by atoms with Gasteiger partial charge in [0.25, 0.3) is 0 Å². The SMILES string of the molecule is CCOC(=O)C1CCc2sc(NC(C)C(N)=O)nc21. The highest BCUT2D eigenvalue weighted by molar-refractivity contribution is 7.15. The molecule has 2 unspecified atom stereocenters. The lowest BCUT2D eigenvalue weighted by Crippen LogP contribution is -2.32. The van der Waals surface area contributed by atoms with Crippen LogP contribution in [0.15, 0.2) is 0 Å². The number of rotatable bonds is 5. The number of primary amides is 1. The van der Waals surface area contributed by atoms with Gasteiger partial charge in [-0.2, -0.15) is 0 Å². The molecule has 19 heavy (non-hydrogen) atoms. The second-order valence-electron chi connectivity index (χ2n) is 4.44. The van der Waals surface area contributed by atoms with Gasteiger partial charge in [-0.25, -0.2) is 4.98 Å². The van der Waals surface area contributed by atoms with E-state index in [9.17, 15) is 9.59 Å². The van der Waals surface area contributed by atoms with Crippen molar-refractivity contribution < 1.29 is 14.3 Å². The molecule has 0 saturated heterocycles. The Bertz CT molecular complexity index is 500. The number of ether oxygens (including phenoxy) is 1. The normalized spacial score (nSPS) is 18.7. The first-order chi connectivity index (χ1) is 9.02. The zero-order chi connectivity index (χ0) is 14.0. The molecule has 0 fully saturated rings. The first-order valence-corrected chi connectivity index (χ1v) is 7.06. The van der Waals surface area contributed by atoms with Gasteiger partial charge in [0.1, 0.15) is 12.0 Å². The van der Waals surface area contributed by atoms with Crippen molar-refractivity contribution in [1.82, 2.24) is 4.98 Å². The van der Waals surface area contributed by atoms with E-state index in [0.717, 1.165) is 23.4 Å². The average molecular weight is 283 g/mol. The van der Waals surface area contributed by atoms with Crippen LogP contribution < -0.4 is 11.1 Å². The lowest BCUT2D eigenvalue weighted by Gasteiger charge is -2.09. The number of nitrogens with one attached hydrogen (secondary N) is 1. The van der Waals surface area contributed by atoms with Crippen molar-refractivity contribution in [2.24, 2.45) is 5.73 Å². The van der Waals surface area contributed by atoms with Crippen molar-refractivity contribution in [2.75, 3.05) is 11.9 Å². The first-order valence-electron chi connectivity index (χ1n) is 6.25. The molecule has 0 saturated carbocycles. The molecule has 0 radical (unpaired) electrons. The number of carbonyl (C=O) groups excluding carboxylic acids is 2. The van der Waals surface area contributed by atoms with E-state index < -0.39 is 11.9 Å². The molecule has 1 heterocycles. The number of nitrogens with two attached hydrogens (primary N) is 1. The Hall–Kier alpha value is -1.63. The third kappa shape index (κ3) is 2.86. The highest BCUT2D eigenvalue weighted by atomic mass is 32.1. The molecule has 104 valence electrons. The van der Waals surface area contributed by atoms with Gasteiger partial charge in [0, 0.05) is 4.88 Å². The predicted molar refractivity (Wildman–Crippen MR) is 72.1 cm³/mol. The minimum absolute atomic E-state index is 0.221. The van der Waals surface area contributed by atoms with Crippen LogP contribution in [0.25, 0.3) is 0 Å². The average Bonchev–Trinajstić information content (AvgIpc) is 2.88. The Morgan fingerprint density at radius 2 is 2.37 bits per heavy atom. The molecule has 1 amide bonds. The topological polar surface area (TPSA) is 94.3 Å². The van der Waals surface area contributed by atoms with Gasteiger partial charge < -0.3 is 15.8 Å². The van der Waals surface area contributed by atoms with Crippen LogP contribution in [0.2, 0.25) is 0 Å². The molecule has 0 bridgehead atoms. The fraction of sp³-hybridized carbons (Fsp3) is 0.583. The monoisotopic (exact) mass is 283 g/mol. The number of hydrogen-bond donors (Lipinski definition) is 2. The molecule has 0 aromatic carbocycles. The van der Waals surface area contributed by atoms with Crippen LogP contribution in [0.5, 0.6) is 0 Å². The number of aryl methyl sites for hydroxylation is 1. The summed E-state index contributed by atoms with van der Waals surface area (Å²) in [4.78, 5) is 28.3. The predicted octanol–water partition coefficient (Wildman–Crippen LogP) is 1.02. The van der Waals surface area contributed by atoms with E-state index in [2.05, 4.69) is 10.3 Å². The van der Waals surface area contributed by atoms with Crippen LogP contribution in [0, 0.1) is 0 Å². The summed E-state index contributed by atoms with van der Waals surface area (Å²) >= 11 is 1.47. The van der Waals surface area contributed by atoms with E-state index in [0.29, 0.717) is 11.7 Å². The molecular formula is C12H17N3O3S. The third-order valence-electron chi connectivity index (χ3n) is 3.06. The lowest BCUT2D eigenvalue weighted by molar-refractivity contribution is -0.145. The molecule has 1 aromatic heterocycles. The summed E-state index contributed by atoms with van der Waals surface area (Å²) in [6.07, 6.45) is 1.57. The van der Waals surface area contributed by atoms with Gasteiger partial charge in [-0.15, -0.1) is 11.3 Å². The zero-order valence-corrected chi connectivity index (χ0v) is 11.8. The van der Waals surface area contributed by atoms with Gasteiger partial charge in [0.15, 0.2) is 5.13 Å². The maximum atomic E-state index is 11.8. The smallest absolute Gasteiger partial charge is 0.315 e. The molecule has 0 aliphatic heterocycles. The van der Waals surface area contributed by atoms with Crippen molar-refractivity contribution in [3.8, 4) is 0 Å². The lowest BCUT2D eigenvalue weighted by atomic mass is 10.1. The summed E-state index contributed by atoms with van der Waals surface area (Å²) in [5.41, 5.74) is 5.97. The summed E-state index contributed by atoms with van der Waals surface area (Å²) in [7, 11) is 0. The van der Waals surface area contributed by atoms with E-state index in [1.807, 2.05) is 0 Å². The molecule has 2 atom stereocenters. The van der Waals surface area contributed by atoms with Crippen molar-refractivity contribution in [3.63, 3.8) is 0 Å². The van der Waals surface area contributed by atoms with Crippen molar-refractivity contribution >= 4 is 28.3 Å². The van der Waals surface area contributed by atoms with Crippen LogP contribution in [-0.4, -0.2) is 29.5 Å². The zero-order valence-electron chi connectivity index (χ0n) is 10.9. The molecule has 1 aliphatic rings. The minimum Gasteiger partial charge on any atom is -0.465 e. The summed E-state index contributed by atoms with van der Waals surface area (Å²) in [6.45, 7) is 3.84. The molecule has 1 aromatic rings. The second kappa shape index (κ2) is 5.56. The van der Waals surface area contributed by atoms with E-state index in [4.69, 9.17) is 10.5 Å². The molecule has 7 heteroatoms. The number of aromatic nitrogens is 1. The van der Waals surface area contributed by atoms with Crippen molar-refractivity contribution in [2.45, 2.75) is 38.6 Å². The number of thiazole rings is 1. The van der Waals surface area contributed by atoms with Crippen LogP contribution >= 0.6 is 11.3 Å². The first kappa shape index (κ1) is 13.8. The van der Waals surface area contributed by atoms with Gasteiger partial charge in [0.05, 0.1) is 12.3 Å². The number of anilines is 1. The summed E-state index contributed by atoms with van der Waals surface area (Å²) < 4.78 is 5.04. The highest BCUT2D eigenvalue weighted by Crippen LogP contribution is 2.39. The second-order valence-corrected chi connectivity index (χ2v) is 5.52. The van der Waals surface area contributed by atoms with Gasteiger partial charge >= 0.3 is 5.97 Å². The Labute approximate surface area is 115 Å². The molecule has 2 rings (SSSR count). The molecule has 6 nitrogen and oxygen atoms in total. The third-order valence-corrected chi connectivity index (χ3v) is 4.12. The standard InChI is InChI=1S/C12H17N3O3S/c1-3-18-11(17)7-4-5-8-9(7)15-12(19-8)14-6(2)10(13)16/h6-7H,3-5H2,1-2H3,(H2,13,16)(H,14,15). The Morgan fingerprint density at radius 3 is 3.00 bits per heavy atom. The van der Waals surface area contributed by atoms with Crippen LogP contribution in [0.4, 0.5) is 5.13 Å². The van der Waals surface area contributed by atoms with Crippen molar-refractivity contribution in [3.05, 3.63) is 10.6 Å². The highest BCUT2D eigenvalue weighted by Gasteiger charge is 2.33. The quantitative estimate of drug-likeness (QED) is 0.787. The number of amides is 1. The number of carbonyl (C=O) groups is 2. The Kier molecular flexibility index (Phi) is 4.04. The van der Waals surface area contributed by atoms with Gasteiger partial charge in [-0.05, 0) is 26.7 Å². The van der Waals surface area contributed by atoms with Crippen LogP contribution in [0.1, 0.15) is 36.8 Å². The van der Waals surface area contributed by atoms with E-state index in [1.165, 1.54) is 11.3 Å². The number of fused-ring (bicyclic) bond motifs is 1. The van der Waals surface area contributed by atoms with E-state index in [1.54, 1.807) is 13.8 Å². The van der Waals surface area contributed by atoms with Crippen molar-refractivity contribution in [1.29, 1.82) is 0 Å². The van der Waals surface area contributed by atoms with E-state index in [-0.39, 0.29) is 11.9 Å². The Balaban J connectivity index is 2.11. The maximum absolute atomic E-state index is 11.8. The maximum Gasteiger partial charge on any atom is 0.315 e. The summed E-state index contributed by atoms with van der Waals surface area (Å²) in [5.74, 6) is -0.927. The Morgan fingerprint density at radius 1 is 1.63 bits per heavy atom. The van der Waals surface area contributed by atoms with Gasteiger partial charge in [0.2, 0.25) is 5.91 Å². The fourth-order valence-electron chi connectivity index (χ4n) is 2.02. The van der Waals surface area contributed by atoms with Crippen LogP contribution in [-0.2, 0) is 20.7 Å². The van der Waals surface area contributed by atoms with Gasteiger partial charge in [-0.3, -0.25) is 9.59 Å². The minimum atomic E-state index is -0.479. The molecule has 0 spiro atoms. The fourth-order valence-corrected chi connectivity index (χ4v) is 3.14. The number of hydrogen-bond acceptors (Lipinski definition) is 6. The van der Waals surface area contributed by atoms with E-state index >= 15 is 0 Å². The largest absolute Gasteiger partial charge is 0.465 e. The van der Waals surface area contributed by atoms with Crippen LogP contribution in [0.3, 0.4) is 0 Å². The number of nitrogens with zero attached hydrogens (tertiary/aromatic N) is 1.